The first-order chi connectivity index (χ1) is 10.3. The summed E-state index contributed by atoms with van der Waals surface area (Å²) in [4.78, 5) is 0. The summed E-state index contributed by atoms with van der Waals surface area (Å²) in [6.07, 6.45) is 3.74. The Labute approximate surface area is 126 Å². The van der Waals surface area contributed by atoms with Gasteiger partial charge in [-0.05, 0) is 41.5 Å². The summed E-state index contributed by atoms with van der Waals surface area (Å²) in [6.45, 7) is 0. The Kier molecular flexibility index (Phi) is 3.28. The lowest BCUT2D eigenvalue weighted by Gasteiger charge is -2.39. The number of hydrogen-bond acceptors (Lipinski definition) is 2. The van der Waals surface area contributed by atoms with Crippen molar-refractivity contribution in [1.82, 2.24) is 5.32 Å². The monoisotopic (exact) mass is 279 g/mol. The molecule has 4 rings (SSSR count). The maximum atomic E-state index is 5.40. The van der Waals surface area contributed by atoms with Gasteiger partial charge in [-0.25, -0.2) is 0 Å². The molecule has 2 nitrogen and oxygen atoms in total. The van der Waals surface area contributed by atoms with Crippen LogP contribution in [0.25, 0.3) is 0 Å². The first-order valence-corrected chi connectivity index (χ1v) is 7.79. The molecule has 1 saturated carbocycles. The Morgan fingerprint density at radius 2 is 1.48 bits per heavy atom. The van der Waals surface area contributed by atoms with E-state index >= 15 is 0 Å². The van der Waals surface area contributed by atoms with Gasteiger partial charge in [-0.1, -0.05) is 48.5 Å². The standard InChI is InChI=1S/C19H21NO/c1-21-16-11-15(12-16)20-19-17-8-4-2-6-13(17)10-14-7-3-5-9-18(14)19/h2-9,15-16,19-20H,10-12H2,1H3. The number of benzene rings is 2. The van der Waals surface area contributed by atoms with Crippen LogP contribution in [0.4, 0.5) is 0 Å². The highest BCUT2D eigenvalue weighted by molar-refractivity contribution is 5.48. The number of nitrogens with one attached hydrogen (secondary N) is 1. The Hall–Kier alpha value is -1.64. The quantitative estimate of drug-likeness (QED) is 0.929. The van der Waals surface area contributed by atoms with Gasteiger partial charge in [0, 0.05) is 13.2 Å². The highest BCUT2D eigenvalue weighted by Gasteiger charge is 2.33. The summed E-state index contributed by atoms with van der Waals surface area (Å²) in [5, 5.41) is 3.85. The van der Waals surface area contributed by atoms with Crippen molar-refractivity contribution in [3.8, 4) is 0 Å². The first-order valence-electron chi connectivity index (χ1n) is 7.79. The maximum Gasteiger partial charge on any atom is 0.0601 e. The van der Waals surface area contributed by atoms with Gasteiger partial charge in [0.05, 0.1) is 12.1 Å². The van der Waals surface area contributed by atoms with Crippen molar-refractivity contribution >= 4 is 0 Å². The minimum absolute atomic E-state index is 0.328. The third-order valence-corrected chi connectivity index (χ3v) is 4.94. The SMILES string of the molecule is COC1CC(NC2c3ccccc3Cc3ccccc32)C1. The number of methoxy groups -OCH3 is 1. The normalized spacial score (nSPS) is 24.0. The molecule has 0 radical (unpaired) electrons. The van der Waals surface area contributed by atoms with E-state index in [0.717, 1.165) is 19.3 Å². The van der Waals surface area contributed by atoms with E-state index in [9.17, 15) is 0 Å². The van der Waals surface area contributed by atoms with Gasteiger partial charge < -0.3 is 10.1 Å². The minimum atomic E-state index is 0.328. The predicted octanol–water partition coefficient (Wildman–Crippen LogP) is 3.45. The largest absolute Gasteiger partial charge is 0.381 e. The van der Waals surface area contributed by atoms with Crippen LogP contribution in [0.2, 0.25) is 0 Å². The molecule has 2 aliphatic rings. The van der Waals surface area contributed by atoms with E-state index in [1.165, 1.54) is 22.3 Å². The zero-order chi connectivity index (χ0) is 14.2. The molecule has 0 aromatic heterocycles. The van der Waals surface area contributed by atoms with E-state index in [-0.39, 0.29) is 0 Å². The summed E-state index contributed by atoms with van der Waals surface area (Å²) < 4.78 is 5.40. The Balaban J connectivity index is 1.65. The van der Waals surface area contributed by atoms with Crippen LogP contribution in [-0.4, -0.2) is 19.3 Å². The van der Waals surface area contributed by atoms with E-state index in [1.807, 2.05) is 7.11 Å². The van der Waals surface area contributed by atoms with Crippen LogP contribution in [0.1, 0.15) is 41.1 Å². The Morgan fingerprint density at radius 3 is 2.05 bits per heavy atom. The molecular formula is C19H21NO. The summed E-state index contributed by atoms with van der Waals surface area (Å²) in [5.41, 5.74) is 5.79. The van der Waals surface area contributed by atoms with Gasteiger partial charge in [0.15, 0.2) is 0 Å². The predicted molar refractivity (Wildman–Crippen MR) is 84.5 cm³/mol. The van der Waals surface area contributed by atoms with Crippen molar-refractivity contribution in [2.75, 3.05) is 7.11 Å². The van der Waals surface area contributed by atoms with Gasteiger partial charge in [-0.15, -0.1) is 0 Å². The van der Waals surface area contributed by atoms with Crippen molar-refractivity contribution in [1.29, 1.82) is 0 Å². The fraction of sp³-hybridized carbons (Fsp3) is 0.368. The number of hydrogen-bond donors (Lipinski definition) is 1. The zero-order valence-electron chi connectivity index (χ0n) is 12.4. The van der Waals surface area contributed by atoms with E-state index in [2.05, 4.69) is 53.8 Å². The minimum Gasteiger partial charge on any atom is -0.381 e. The maximum absolute atomic E-state index is 5.40. The molecule has 0 amide bonds. The highest BCUT2D eigenvalue weighted by Crippen LogP contribution is 2.36. The average Bonchev–Trinajstić information content (AvgIpc) is 2.49. The van der Waals surface area contributed by atoms with Gasteiger partial charge in [0.2, 0.25) is 0 Å². The second kappa shape index (κ2) is 5.28. The number of rotatable bonds is 3. The van der Waals surface area contributed by atoms with E-state index in [0.29, 0.717) is 18.2 Å². The van der Waals surface area contributed by atoms with Gasteiger partial charge in [-0.3, -0.25) is 0 Å². The number of ether oxygens (including phenoxy) is 1. The molecule has 2 aliphatic carbocycles. The molecule has 0 bridgehead atoms. The first kappa shape index (κ1) is 13.1. The van der Waals surface area contributed by atoms with Gasteiger partial charge in [0.1, 0.15) is 0 Å². The van der Waals surface area contributed by atoms with Crippen LogP contribution < -0.4 is 5.32 Å². The Bertz CT molecular complexity index is 600. The molecule has 108 valence electrons. The van der Waals surface area contributed by atoms with Gasteiger partial charge in [-0.2, -0.15) is 0 Å². The molecule has 0 unspecified atom stereocenters. The van der Waals surface area contributed by atoms with Gasteiger partial charge in [0.25, 0.3) is 0 Å². The summed E-state index contributed by atoms with van der Waals surface area (Å²) >= 11 is 0. The number of fused-ring (bicyclic) bond motifs is 2. The van der Waals surface area contributed by atoms with Crippen molar-refractivity contribution in [3.05, 3.63) is 70.8 Å². The van der Waals surface area contributed by atoms with Crippen molar-refractivity contribution in [2.45, 2.75) is 37.5 Å². The third kappa shape index (κ3) is 2.29. The van der Waals surface area contributed by atoms with Crippen LogP contribution in [0.15, 0.2) is 48.5 Å². The average molecular weight is 279 g/mol. The van der Waals surface area contributed by atoms with Gasteiger partial charge >= 0.3 is 0 Å². The van der Waals surface area contributed by atoms with E-state index < -0.39 is 0 Å². The molecule has 0 spiro atoms. The fourth-order valence-corrected chi connectivity index (χ4v) is 3.64. The van der Waals surface area contributed by atoms with Crippen molar-refractivity contribution in [2.24, 2.45) is 0 Å². The summed E-state index contributed by atoms with van der Waals surface area (Å²) in [5.74, 6) is 0. The third-order valence-electron chi connectivity index (χ3n) is 4.94. The van der Waals surface area contributed by atoms with E-state index in [1.54, 1.807) is 0 Å². The molecule has 21 heavy (non-hydrogen) atoms. The second-order valence-electron chi connectivity index (χ2n) is 6.20. The molecule has 1 fully saturated rings. The molecular weight excluding hydrogens is 258 g/mol. The molecule has 0 atom stereocenters. The molecule has 2 aromatic rings. The molecule has 0 aliphatic heterocycles. The van der Waals surface area contributed by atoms with Crippen molar-refractivity contribution < 1.29 is 4.74 Å². The lowest BCUT2D eigenvalue weighted by Crippen LogP contribution is -2.47. The smallest absolute Gasteiger partial charge is 0.0601 e. The Morgan fingerprint density at radius 1 is 0.905 bits per heavy atom. The topological polar surface area (TPSA) is 21.3 Å². The molecule has 2 heteroatoms. The van der Waals surface area contributed by atoms with Crippen molar-refractivity contribution in [3.63, 3.8) is 0 Å². The lowest BCUT2D eigenvalue weighted by atomic mass is 9.80. The molecule has 0 heterocycles. The second-order valence-corrected chi connectivity index (χ2v) is 6.20. The van der Waals surface area contributed by atoms with Crippen LogP contribution >= 0.6 is 0 Å². The molecule has 2 aromatic carbocycles. The van der Waals surface area contributed by atoms with Crippen LogP contribution in [0.5, 0.6) is 0 Å². The molecule has 0 saturated heterocycles. The highest BCUT2D eigenvalue weighted by atomic mass is 16.5. The lowest BCUT2D eigenvalue weighted by molar-refractivity contribution is 0.0153. The molecule has 1 N–H and O–H groups in total. The summed E-state index contributed by atoms with van der Waals surface area (Å²) in [7, 11) is 1.81. The van der Waals surface area contributed by atoms with Crippen LogP contribution in [0, 0.1) is 0 Å². The van der Waals surface area contributed by atoms with E-state index in [4.69, 9.17) is 4.74 Å². The van der Waals surface area contributed by atoms with Crippen LogP contribution in [-0.2, 0) is 11.2 Å². The zero-order valence-corrected chi connectivity index (χ0v) is 12.4. The fourth-order valence-electron chi connectivity index (χ4n) is 3.64. The van der Waals surface area contributed by atoms with Crippen LogP contribution in [0.3, 0.4) is 0 Å². The summed E-state index contributed by atoms with van der Waals surface area (Å²) in [6, 6.07) is 18.6.